The number of hydrogen-bond donors (Lipinski definition) is 2. The zero-order valence-electron chi connectivity index (χ0n) is 13.4. The van der Waals surface area contributed by atoms with E-state index in [0.29, 0.717) is 24.4 Å². The summed E-state index contributed by atoms with van der Waals surface area (Å²) in [7, 11) is 1.57. The maximum Gasteiger partial charge on any atom is 0.336 e. The minimum absolute atomic E-state index is 0.386. The second kappa shape index (κ2) is 7.29. The van der Waals surface area contributed by atoms with Crippen LogP contribution in [-0.4, -0.2) is 18.8 Å². The Balaban J connectivity index is 1.74. The van der Waals surface area contributed by atoms with Gasteiger partial charge in [0, 0.05) is 23.1 Å². The van der Waals surface area contributed by atoms with Gasteiger partial charge in [-0.05, 0) is 17.7 Å². The largest absolute Gasteiger partial charge is 0.497 e. The number of benzene rings is 2. The van der Waals surface area contributed by atoms with Crippen molar-refractivity contribution < 1.29 is 19.6 Å². The summed E-state index contributed by atoms with van der Waals surface area (Å²) in [5, 5.41) is 13.1. The molecule has 0 unspecified atom stereocenters. The molecule has 0 aliphatic carbocycles. The fraction of sp³-hybridized carbons (Fsp3) is 0.211. The van der Waals surface area contributed by atoms with Crippen molar-refractivity contribution in [1.29, 1.82) is 0 Å². The molecule has 0 amide bonds. The Kier molecular flexibility index (Phi) is 4.93. The monoisotopic (exact) mass is 326 g/mol. The topological polar surface area (TPSA) is 76.3 Å². The minimum Gasteiger partial charge on any atom is -0.497 e. The molecule has 3 aromatic rings. The van der Waals surface area contributed by atoms with Crippen LogP contribution in [0.2, 0.25) is 0 Å². The number of rotatable bonds is 6. The molecule has 0 saturated heterocycles. The Labute approximate surface area is 139 Å². The molecule has 0 aliphatic rings. The SMILES string of the molecule is COc1ccc2c(C[NH2+]C[C@@H](O)c3ccccc3)cc(=O)oc2c1. The van der Waals surface area contributed by atoms with Crippen LogP contribution in [0.25, 0.3) is 11.0 Å². The third kappa shape index (κ3) is 3.64. The standard InChI is InChI=1S/C19H19NO4/c1-23-15-7-8-16-14(9-19(22)24-18(16)10-15)11-20-12-17(21)13-5-3-2-4-6-13/h2-10,17,20-21H,11-12H2,1H3/p+1/t17-/m1/s1. The summed E-state index contributed by atoms with van der Waals surface area (Å²) < 4.78 is 10.4. The molecule has 24 heavy (non-hydrogen) atoms. The van der Waals surface area contributed by atoms with Crippen molar-refractivity contribution in [2.24, 2.45) is 0 Å². The van der Waals surface area contributed by atoms with E-state index in [2.05, 4.69) is 0 Å². The van der Waals surface area contributed by atoms with E-state index in [-0.39, 0.29) is 5.63 Å². The van der Waals surface area contributed by atoms with E-state index in [1.807, 2.05) is 47.8 Å². The smallest absolute Gasteiger partial charge is 0.336 e. The first-order chi connectivity index (χ1) is 11.7. The maximum absolute atomic E-state index is 11.8. The first-order valence-corrected chi connectivity index (χ1v) is 7.83. The molecular formula is C19H20NO4+. The van der Waals surface area contributed by atoms with Crippen molar-refractivity contribution in [2.75, 3.05) is 13.7 Å². The van der Waals surface area contributed by atoms with Crippen LogP contribution in [0.3, 0.4) is 0 Å². The van der Waals surface area contributed by atoms with E-state index < -0.39 is 6.10 Å². The molecule has 5 nitrogen and oxygen atoms in total. The van der Waals surface area contributed by atoms with Gasteiger partial charge in [-0.3, -0.25) is 0 Å². The number of hydrogen-bond acceptors (Lipinski definition) is 4. The highest BCUT2D eigenvalue weighted by Crippen LogP contribution is 2.22. The number of ether oxygens (including phenoxy) is 1. The van der Waals surface area contributed by atoms with E-state index >= 15 is 0 Å². The molecule has 0 bridgehead atoms. The Morgan fingerprint density at radius 3 is 2.71 bits per heavy atom. The summed E-state index contributed by atoms with van der Waals surface area (Å²) in [5.74, 6) is 0.645. The number of nitrogens with two attached hydrogens (primary N) is 1. The molecule has 0 spiro atoms. The summed E-state index contributed by atoms with van der Waals surface area (Å²) in [6.45, 7) is 1.10. The number of methoxy groups -OCH3 is 1. The molecule has 5 heteroatoms. The van der Waals surface area contributed by atoms with E-state index in [4.69, 9.17) is 9.15 Å². The van der Waals surface area contributed by atoms with Crippen LogP contribution in [0.15, 0.2) is 63.8 Å². The molecular weight excluding hydrogens is 306 g/mol. The van der Waals surface area contributed by atoms with Gasteiger partial charge in [0.1, 0.15) is 30.5 Å². The van der Waals surface area contributed by atoms with E-state index in [0.717, 1.165) is 16.5 Å². The quantitative estimate of drug-likeness (QED) is 0.675. The van der Waals surface area contributed by atoms with Gasteiger partial charge in [-0.2, -0.15) is 0 Å². The van der Waals surface area contributed by atoms with E-state index in [9.17, 15) is 9.90 Å². The third-order valence-electron chi connectivity index (χ3n) is 3.98. The normalized spacial score (nSPS) is 12.2. The molecule has 0 fully saturated rings. The summed E-state index contributed by atoms with van der Waals surface area (Å²) in [6.07, 6.45) is -0.544. The van der Waals surface area contributed by atoms with Gasteiger partial charge in [-0.15, -0.1) is 0 Å². The Morgan fingerprint density at radius 1 is 1.17 bits per heavy atom. The molecule has 124 valence electrons. The van der Waals surface area contributed by atoms with Crippen LogP contribution in [0.4, 0.5) is 0 Å². The van der Waals surface area contributed by atoms with E-state index in [1.165, 1.54) is 6.07 Å². The van der Waals surface area contributed by atoms with Crippen LogP contribution in [0, 0.1) is 0 Å². The highest BCUT2D eigenvalue weighted by molar-refractivity contribution is 5.81. The first kappa shape index (κ1) is 16.2. The predicted octanol–water partition coefficient (Wildman–Crippen LogP) is 1.60. The first-order valence-electron chi connectivity index (χ1n) is 7.83. The molecule has 0 saturated carbocycles. The van der Waals surface area contributed by atoms with Crippen LogP contribution in [0.1, 0.15) is 17.2 Å². The van der Waals surface area contributed by atoms with Crippen molar-refractivity contribution in [3.63, 3.8) is 0 Å². The molecule has 1 heterocycles. The highest BCUT2D eigenvalue weighted by Gasteiger charge is 2.11. The average Bonchev–Trinajstić information content (AvgIpc) is 2.61. The minimum atomic E-state index is -0.544. The van der Waals surface area contributed by atoms with Gasteiger partial charge >= 0.3 is 5.63 Å². The van der Waals surface area contributed by atoms with Crippen molar-refractivity contribution >= 4 is 11.0 Å². The molecule has 2 aromatic carbocycles. The summed E-state index contributed by atoms with van der Waals surface area (Å²) in [4.78, 5) is 11.8. The van der Waals surface area contributed by atoms with Crippen LogP contribution < -0.4 is 15.7 Å². The van der Waals surface area contributed by atoms with Gasteiger partial charge in [-0.1, -0.05) is 30.3 Å². The van der Waals surface area contributed by atoms with Crippen LogP contribution >= 0.6 is 0 Å². The van der Waals surface area contributed by atoms with Gasteiger partial charge in [0.2, 0.25) is 0 Å². The van der Waals surface area contributed by atoms with Crippen molar-refractivity contribution in [2.45, 2.75) is 12.6 Å². The van der Waals surface area contributed by atoms with Crippen molar-refractivity contribution in [3.05, 3.63) is 76.1 Å². The van der Waals surface area contributed by atoms with E-state index in [1.54, 1.807) is 13.2 Å². The Hall–Kier alpha value is -2.63. The molecule has 1 atom stereocenters. The number of fused-ring (bicyclic) bond motifs is 1. The maximum atomic E-state index is 11.8. The lowest BCUT2D eigenvalue weighted by Crippen LogP contribution is -2.83. The average molecular weight is 326 g/mol. The second-order valence-corrected chi connectivity index (χ2v) is 5.61. The molecule has 1 aromatic heterocycles. The second-order valence-electron chi connectivity index (χ2n) is 5.61. The number of aliphatic hydroxyl groups excluding tert-OH is 1. The lowest BCUT2D eigenvalue weighted by molar-refractivity contribution is -0.677. The van der Waals surface area contributed by atoms with Gasteiger partial charge < -0.3 is 19.6 Å². The summed E-state index contributed by atoms with van der Waals surface area (Å²) in [5.41, 5.74) is 1.89. The molecule has 3 N–H and O–H groups in total. The lowest BCUT2D eigenvalue weighted by atomic mass is 10.1. The predicted molar refractivity (Wildman–Crippen MR) is 90.9 cm³/mol. The molecule has 0 radical (unpaired) electrons. The summed E-state index contributed by atoms with van der Waals surface area (Å²) >= 11 is 0. The van der Waals surface area contributed by atoms with Crippen LogP contribution in [0.5, 0.6) is 5.75 Å². The van der Waals surface area contributed by atoms with Gasteiger partial charge in [0.05, 0.1) is 7.11 Å². The fourth-order valence-corrected chi connectivity index (χ4v) is 2.71. The zero-order chi connectivity index (χ0) is 16.9. The Morgan fingerprint density at radius 2 is 1.96 bits per heavy atom. The Bertz CT molecular complexity index is 873. The molecule has 0 aliphatic heterocycles. The van der Waals surface area contributed by atoms with Gasteiger partial charge in [0.25, 0.3) is 0 Å². The number of quaternary nitrogens is 1. The molecule has 3 rings (SSSR count). The highest BCUT2D eigenvalue weighted by atomic mass is 16.5. The number of aliphatic hydroxyl groups is 1. The van der Waals surface area contributed by atoms with Crippen molar-refractivity contribution in [3.8, 4) is 5.75 Å². The van der Waals surface area contributed by atoms with Gasteiger partial charge in [-0.25, -0.2) is 4.79 Å². The third-order valence-corrected chi connectivity index (χ3v) is 3.98. The van der Waals surface area contributed by atoms with Gasteiger partial charge in [0.15, 0.2) is 0 Å². The fourth-order valence-electron chi connectivity index (χ4n) is 2.71. The summed E-state index contributed by atoms with van der Waals surface area (Å²) in [6, 6.07) is 16.5. The van der Waals surface area contributed by atoms with Crippen LogP contribution in [-0.2, 0) is 6.54 Å². The van der Waals surface area contributed by atoms with Crippen molar-refractivity contribution in [1.82, 2.24) is 0 Å². The zero-order valence-corrected chi connectivity index (χ0v) is 13.4. The lowest BCUT2D eigenvalue weighted by Gasteiger charge is -2.10.